The van der Waals surface area contributed by atoms with E-state index in [1.165, 1.54) is 19.1 Å². The molecule has 12 rings (SSSR count). The second-order valence-electron chi connectivity index (χ2n) is 33.5. The third kappa shape index (κ3) is 13.5. The normalized spacial score (nSPS) is 50.3. The first-order valence-electron chi connectivity index (χ1n) is 37.2. The lowest BCUT2D eigenvalue weighted by molar-refractivity contribution is -0.409. The molecule has 1 aromatic rings. The number of benzene rings is 1. The zero-order valence-corrected chi connectivity index (χ0v) is 61.1. The van der Waals surface area contributed by atoms with Gasteiger partial charge in [0.05, 0.1) is 55.8 Å². The molecule has 32 nitrogen and oxygen atoms in total. The summed E-state index contributed by atoms with van der Waals surface area (Å²) in [5.74, 6) is -4.19. The summed E-state index contributed by atoms with van der Waals surface area (Å²) < 4.78 is 81.7. The number of ether oxygens (including phenoxy) is 13. The molecule has 0 amide bonds. The topological polar surface area (TPSA) is 495 Å². The maximum Gasteiger partial charge on any atom is 0.335 e. The van der Waals surface area contributed by atoms with Gasteiger partial charge in [-0.1, -0.05) is 98.2 Å². The molecule has 106 heavy (non-hydrogen) atoms. The number of fused-ring (bicyclic) bond motifs is 4. The minimum absolute atomic E-state index is 0.0977. The van der Waals surface area contributed by atoms with Gasteiger partial charge in [-0.15, -0.1) is 0 Å². The lowest BCUT2D eigenvalue weighted by Crippen LogP contribution is -2.77. The van der Waals surface area contributed by atoms with Crippen LogP contribution in [-0.4, -0.2) is 303 Å². The van der Waals surface area contributed by atoms with Gasteiger partial charge in [0.15, 0.2) is 49.9 Å². The Morgan fingerprint density at radius 3 is 1.81 bits per heavy atom. The van der Waals surface area contributed by atoms with Crippen molar-refractivity contribution < 1.29 is 158 Å². The summed E-state index contributed by atoms with van der Waals surface area (Å²) in [4.78, 5) is 41.6. The molecule has 5 aliphatic carbocycles. The van der Waals surface area contributed by atoms with Gasteiger partial charge in [0.1, 0.15) is 103 Å². The monoisotopic (exact) mass is 1510 g/mol. The Balaban J connectivity index is 0.850. The molecule has 6 aliphatic heterocycles. The van der Waals surface area contributed by atoms with Crippen LogP contribution in [0.3, 0.4) is 0 Å². The van der Waals surface area contributed by atoms with Gasteiger partial charge in [0, 0.05) is 28.9 Å². The van der Waals surface area contributed by atoms with Crippen LogP contribution >= 0.6 is 0 Å². The number of aliphatic hydroxyl groups excluding tert-OH is 14. The van der Waals surface area contributed by atoms with E-state index in [4.69, 9.17) is 61.6 Å². The summed E-state index contributed by atoms with van der Waals surface area (Å²) in [5, 5.41) is 182. The summed E-state index contributed by atoms with van der Waals surface area (Å²) in [7, 11) is 0. The van der Waals surface area contributed by atoms with Gasteiger partial charge in [-0.25, -0.2) is 14.4 Å². The number of carbonyl (C=O) groups excluding carboxylic acids is 2. The first kappa shape index (κ1) is 81.6. The van der Waals surface area contributed by atoms with Crippen molar-refractivity contribution in [2.75, 3.05) is 26.4 Å². The Kier molecular flexibility index (Phi) is 23.5. The van der Waals surface area contributed by atoms with E-state index in [2.05, 4.69) is 20.8 Å². The molecule has 2 bridgehead atoms. The Hall–Kier alpha value is -3.93. The molecule has 598 valence electrons. The molecular formula is C74H110O32. The molecule has 6 heterocycles. The molecule has 11 aliphatic rings. The van der Waals surface area contributed by atoms with Crippen molar-refractivity contribution in [3.8, 4) is 0 Å². The maximum atomic E-state index is 14.1. The van der Waals surface area contributed by atoms with Gasteiger partial charge in [0.2, 0.25) is 0 Å². The van der Waals surface area contributed by atoms with E-state index in [1.807, 2.05) is 65.0 Å². The zero-order valence-electron chi connectivity index (χ0n) is 61.1. The number of carbonyl (C=O) groups is 3. The summed E-state index contributed by atoms with van der Waals surface area (Å²) in [5.41, 5.74) is -8.22. The molecule has 0 aromatic heterocycles. The third-order valence-corrected chi connectivity index (χ3v) is 27.0. The highest BCUT2D eigenvalue weighted by atomic mass is 16.8. The Morgan fingerprint density at radius 2 is 1.17 bits per heavy atom. The predicted molar refractivity (Wildman–Crippen MR) is 359 cm³/mol. The first-order valence-corrected chi connectivity index (χ1v) is 37.2. The maximum absolute atomic E-state index is 14.1. The zero-order chi connectivity index (χ0) is 77.1. The standard InChI is InChI=1S/C74H110O32/c1-10-11-13-18-42(79)100-59-58(99-43(80)20-19-34-16-14-12-15-17-34)67(3,4)27-39-73-26-22-38-69(7)24-23-41(68(5,6)37(69)21-25-70(38,8)71(73,9)28-40(78)74(39,59)66(92)106-73)98-64-56(105-61-50(87)47(84)45(82)35(29-75)96-61)52(51(88)53(102-64)60(90)91)101-63-55(49(86)46(83)36(30-76)97-63)103-62-54(48(85)44(81)33(2)95-62)104-65-57(89)72(93,31-77)32-94-65/h12-20,33,35-41,44-59,61-66,75-78,81-89,92-93H,10-11,21-32H2,1-9H3,(H,90,91)/b18-13+,20-19+/t33-,35+,36+,37?,38?,39?,40+,41-,44-,45-,46-,47-,48+,49-,50+,51-,52-,53-,54+,55+,56+,57-,58-,59-,61-,62-,63-,64+,65-,66+,69-,70+,71-,72+,73-,74+/m0/s1. The van der Waals surface area contributed by atoms with Crippen LogP contribution in [0, 0.1) is 50.2 Å². The fourth-order valence-electron chi connectivity index (χ4n) is 21.1. The molecule has 5 saturated carbocycles. The molecule has 32 heteroatoms. The largest absolute Gasteiger partial charge is 0.479 e. The molecule has 3 unspecified atom stereocenters. The second kappa shape index (κ2) is 30.5. The van der Waals surface area contributed by atoms with E-state index in [1.54, 1.807) is 12.2 Å². The minimum atomic E-state index is -2.37. The SMILES string of the molecule is CCC/C=C/C(=O)O[C@H]1[C@H](OC(=O)/C=C/c2ccccc2)C(C)(C)CC2[C@@]13[C@H](O)C[C@]1(C)[C@@]2(CCC2[C@@]4(C)CC[C@H](O[C@@H]5O[C@H](C(=O)O)[C@@H](O)[C@H](O[C@@H]6O[C@H](CO)[C@H](O)[C@H](O)[C@H]6O[C@@H]6O[C@@H](C)[C@H](O)[C@@H](O)[C@H]6O[C@@H]6OC[C@](O)(CO)[C@H]6O)[C@H]5O[C@@H]5O[C@H](CO)[C@H](O)[C@H](O)[C@H]5O)C(C)(C)C4CC[C@]21C)O[C@H]3O. The fraction of sp³-hybridized carbons (Fsp3) is 0.824. The van der Waals surface area contributed by atoms with Crippen LogP contribution in [0.2, 0.25) is 0 Å². The van der Waals surface area contributed by atoms with E-state index >= 15 is 0 Å². The van der Waals surface area contributed by atoms with Gasteiger partial charge >= 0.3 is 17.9 Å². The Labute approximate surface area is 613 Å². The number of hydrogen-bond acceptors (Lipinski definition) is 31. The number of rotatable bonds is 21. The number of carboxylic acids is 1. The van der Waals surface area contributed by atoms with E-state index in [0.717, 1.165) is 12.0 Å². The van der Waals surface area contributed by atoms with Gasteiger partial charge in [-0.05, 0) is 104 Å². The number of allylic oxidation sites excluding steroid dienone is 1. The van der Waals surface area contributed by atoms with E-state index in [9.17, 15) is 96.1 Å². The molecule has 36 atom stereocenters. The molecule has 16 N–H and O–H groups in total. The average molecular weight is 1510 g/mol. The molecule has 0 radical (unpaired) electrons. The lowest BCUT2D eigenvalue weighted by Gasteiger charge is -2.75. The number of esters is 2. The van der Waals surface area contributed by atoms with E-state index < -0.39 is 260 Å². The smallest absolute Gasteiger partial charge is 0.335 e. The highest BCUT2D eigenvalue weighted by molar-refractivity contribution is 5.87. The molecule has 1 aromatic carbocycles. The molecule has 1 spiro atoms. The summed E-state index contributed by atoms with van der Waals surface area (Å²) in [6, 6.07) is 9.16. The first-order chi connectivity index (χ1) is 49.9. The quantitative estimate of drug-likeness (QED) is 0.0385. The van der Waals surface area contributed by atoms with Crippen LogP contribution in [0.4, 0.5) is 0 Å². The van der Waals surface area contributed by atoms with Gasteiger partial charge in [-0.3, -0.25) is 0 Å². The van der Waals surface area contributed by atoms with Gasteiger partial charge in [-0.2, -0.15) is 0 Å². The number of aliphatic carboxylic acids is 1. The molecular weight excluding hydrogens is 1400 g/mol. The van der Waals surface area contributed by atoms with Crippen molar-refractivity contribution >= 4 is 24.0 Å². The van der Waals surface area contributed by atoms with E-state index in [-0.39, 0.29) is 24.7 Å². The number of unbranched alkanes of at least 4 members (excludes halogenated alkanes) is 1. The van der Waals surface area contributed by atoms with Gasteiger partial charge in [0.25, 0.3) is 0 Å². The average Bonchev–Trinajstić information content (AvgIpc) is 1.41. The van der Waals surface area contributed by atoms with Gasteiger partial charge < -0.3 is 143 Å². The van der Waals surface area contributed by atoms with Crippen molar-refractivity contribution in [3.63, 3.8) is 0 Å². The van der Waals surface area contributed by atoms with Crippen molar-refractivity contribution in [3.05, 3.63) is 54.1 Å². The highest BCUT2D eigenvalue weighted by Gasteiger charge is 2.86. The fourth-order valence-corrected chi connectivity index (χ4v) is 21.1. The van der Waals surface area contributed by atoms with Crippen molar-refractivity contribution in [1.82, 2.24) is 0 Å². The van der Waals surface area contributed by atoms with Crippen LogP contribution in [-0.2, 0) is 76.0 Å². The number of aliphatic hydroxyl groups is 15. The van der Waals surface area contributed by atoms with Crippen LogP contribution in [0.15, 0.2) is 48.6 Å². The number of hydrogen-bond donors (Lipinski definition) is 16. The third-order valence-electron chi connectivity index (χ3n) is 27.0. The molecule has 6 saturated heterocycles. The highest BCUT2D eigenvalue weighted by Crippen LogP contribution is 2.82. The van der Waals surface area contributed by atoms with Crippen LogP contribution < -0.4 is 0 Å². The van der Waals surface area contributed by atoms with E-state index in [0.29, 0.717) is 44.9 Å². The second-order valence-corrected chi connectivity index (χ2v) is 33.5. The van der Waals surface area contributed by atoms with Crippen LogP contribution in [0.1, 0.15) is 132 Å². The van der Waals surface area contributed by atoms with Crippen molar-refractivity contribution in [2.24, 2.45) is 50.2 Å². The summed E-state index contributed by atoms with van der Waals surface area (Å²) in [6.07, 6.45) is -39.8. The van der Waals surface area contributed by atoms with Crippen molar-refractivity contribution in [1.29, 1.82) is 0 Å². The predicted octanol–water partition coefficient (Wildman–Crippen LogP) is -1.33. The van der Waals surface area contributed by atoms with Crippen LogP contribution in [0.25, 0.3) is 6.08 Å². The lowest BCUT2D eigenvalue weighted by atomic mass is 9.30. The summed E-state index contributed by atoms with van der Waals surface area (Å²) in [6.45, 7) is 14.1. The Morgan fingerprint density at radius 1 is 0.585 bits per heavy atom. The summed E-state index contributed by atoms with van der Waals surface area (Å²) >= 11 is 0. The Bertz CT molecular complexity index is 3310. The van der Waals surface area contributed by atoms with Crippen molar-refractivity contribution in [2.45, 2.75) is 304 Å². The molecule has 11 fully saturated rings. The van der Waals surface area contributed by atoms with Crippen LogP contribution in [0.5, 0.6) is 0 Å². The minimum Gasteiger partial charge on any atom is -0.479 e. The number of carboxylic acid groups (broad SMARTS) is 1.